The highest BCUT2D eigenvalue weighted by Crippen LogP contribution is 2.48. The zero-order valence-corrected chi connectivity index (χ0v) is 25.6. The predicted octanol–water partition coefficient (Wildman–Crippen LogP) is 4.05. The molecule has 4 rings (SSSR count). The molecule has 1 aliphatic heterocycles. The Hall–Kier alpha value is -4.09. The third-order valence-electron chi connectivity index (χ3n) is 6.73. The Morgan fingerprint density at radius 1 is 0.977 bits per heavy atom. The van der Waals surface area contributed by atoms with Crippen molar-refractivity contribution in [3.05, 3.63) is 100 Å². The Kier molecular flexibility index (Phi) is 9.08. The number of esters is 1. The molecule has 3 aromatic carbocycles. The Balaban J connectivity index is 1.73. The second-order valence-electron chi connectivity index (χ2n) is 10.5. The van der Waals surface area contributed by atoms with Crippen LogP contribution in [0.15, 0.2) is 88.7 Å². The Bertz CT molecular complexity index is 1780. The molecule has 0 N–H and O–H groups in total. The topological polar surface area (TPSA) is 144 Å². The number of ether oxygens (including phenoxy) is 1. The van der Waals surface area contributed by atoms with Gasteiger partial charge < -0.3 is 4.74 Å². The summed E-state index contributed by atoms with van der Waals surface area (Å²) < 4.78 is 62.8. The van der Waals surface area contributed by atoms with E-state index in [9.17, 15) is 31.7 Å². The van der Waals surface area contributed by atoms with Crippen molar-refractivity contribution in [1.29, 1.82) is 0 Å². The van der Waals surface area contributed by atoms with Gasteiger partial charge in [0, 0.05) is 25.6 Å². The summed E-state index contributed by atoms with van der Waals surface area (Å²) in [5, 5.41) is 11.1. The third-order valence-corrected chi connectivity index (χ3v) is 10.5. The van der Waals surface area contributed by atoms with Crippen molar-refractivity contribution in [2.45, 2.75) is 55.2 Å². The van der Waals surface area contributed by atoms with E-state index < -0.39 is 48.6 Å². The normalized spacial score (nSPS) is 18.4. The van der Waals surface area contributed by atoms with Crippen LogP contribution in [0.4, 0.5) is 5.69 Å². The van der Waals surface area contributed by atoms with Crippen LogP contribution in [0.25, 0.3) is 0 Å². The molecule has 3 unspecified atom stereocenters. The van der Waals surface area contributed by atoms with Gasteiger partial charge >= 0.3 is 5.97 Å². The van der Waals surface area contributed by atoms with E-state index in [4.69, 9.17) is 4.74 Å². The van der Waals surface area contributed by atoms with E-state index in [2.05, 4.69) is 11.8 Å². The summed E-state index contributed by atoms with van der Waals surface area (Å²) in [6.45, 7) is 5.69. The van der Waals surface area contributed by atoms with Crippen LogP contribution in [0.2, 0.25) is 0 Å². The molecule has 1 saturated heterocycles. The lowest BCUT2D eigenvalue weighted by Gasteiger charge is -2.21. The molecular formula is C30H31N3O8S2. The highest BCUT2D eigenvalue weighted by molar-refractivity contribution is 7.89. The maximum atomic E-state index is 13.9. The summed E-state index contributed by atoms with van der Waals surface area (Å²) in [5.74, 6) is 5.04. The molecule has 0 aromatic heterocycles. The highest BCUT2D eigenvalue weighted by Gasteiger charge is 2.57. The van der Waals surface area contributed by atoms with Crippen LogP contribution in [0.3, 0.4) is 0 Å². The van der Waals surface area contributed by atoms with Gasteiger partial charge in [0.15, 0.2) is 5.60 Å². The third kappa shape index (κ3) is 7.29. The average molecular weight is 626 g/mol. The predicted molar refractivity (Wildman–Crippen MR) is 159 cm³/mol. The number of hydrogen-bond acceptors (Lipinski definition) is 8. The first kappa shape index (κ1) is 31.8. The van der Waals surface area contributed by atoms with Gasteiger partial charge in [-0.3, -0.25) is 14.9 Å². The molecule has 0 spiro atoms. The molecule has 1 aliphatic rings. The average Bonchev–Trinajstić information content (AvgIpc) is 3.67. The zero-order valence-electron chi connectivity index (χ0n) is 24.0. The van der Waals surface area contributed by atoms with Crippen molar-refractivity contribution in [2.75, 3.05) is 13.1 Å². The molecule has 0 saturated carbocycles. The van der Waals surface area contributed by atoms with Crippen LogP contribution in [-0.4, -0.2) is 61.1 Å². The van der Waals surface area contributed by atoms with Crippen molar-refractivity contribution in [1.82, 2.24) is 8.61 Å². The first-order valence-corrected chi connectivity index (χ1v) is 16.1. The standard InChI is InChI=1S/C30H31N3O8S2/c1-22-11-15-26(16-12-22)42(37,38)31(20-8-19-30(3,4)41-23(2)34)21-28-29(24-9-6-5-7-10-24)32(28)43(39,40)27-17-13-25(14-18-27)33(35)36/h5-7,9-18,28-29H,20-21H2,1-4H3. The van der Waals surface area contributed by atoms with E-state index in [-0.39, 0.29) is 28.6 Å². The summed E-state index contributed by atoms with van der Waals surface area (Å²) in [4.78, 5) is 21.8. The molecule has 226 valence electrons. The minimum atomic E-state index is -4.18. The Morgan fingerprint density at radius 2 is 1.56 bits per heavy atom. The molecule has 0 bridgehead atoms. The molecule has 0 radical (unpaired) electrons. The number of sulfonamides is 2. The Morgan fingerprint density at radius 3 is 2.12 bits per heavy atom. The van der Waals surface area contributed by atoms with Gasteiger partial charge in [-0.25, -0.2) is 16.8 Å². The molecule has 0 aliphatic carbocycles. The first-order chi connectivity index (χ1) is 20.1. The van der Waals surface area contributed by atoms with Crippen LogP contribution < -0.4 is 0 Å². The van der Waals surface area contributed by atoms with E-state index in [1.165, 1.54) is 23.4 Å². The van der Waals surface area contributed by atoms with Crippen molar-refractivity contribution in [3.8, 4) is 11.8 Å². The molecule has 0 amide bonds. The fourth-order valence-corrected chi connectivity index (χ4v) is 7.82. The van der Waals surface area contributed by atoms with Crippen LogP contribution in [0.5, 0.6) is 0 Å². The zero-order chi connectivity index (χ0) is 31.6. The fraction of sp³-hybridized carbons (Fsp3) is 0.300. The van der Waals surface area contributed by atoms with E-state index in [0.29, 0.717) is 5.56 Å². The van der Waals surface area contributed by atoms with Crippen LogP contribution in [0, 0.1) is 28.9 Å². The number of nitrogens with zero attached hydrogens (tertiary/aromatic N) is 3. The summed E-state index contributed by atoms with van der Waals surface area (Å²) >= 11 is 0. The highest BCUT2D eigenvalue weighted by atomic mass is 32.2. The number of carbonyl (C=O) groups is 1. The molecule has 11 nitrogen and oxygen atoms in total. The van der Waals surface area contributed by atoms with Gasteiger partial charge in [0.1, 0.15) is 0 Å². The van der Waals surface area contributed by atoms with E-state index in [1.54, 1.807) is 56.3 Å². The molecule has 3 aromatic rings. The SMILES string of the molecule is CC(=O)OC(C)(C)C#CCN(CC1C(c2ccccc2)N1S(=O)(=O)c1ccc([N+](=O)[O-])cc1)S(=O)(=O)c1ccc(C)cc1. The van der Waals surface area contributed by atoms with Gasteiger partial charge in [0.2, 0.25) is 20.0 Å². The molecule has 3 atom stereocenters. The van der Waals surface area contributed by atoms with Gasteiger partial charge in [0.25, 0.3) is 5.69 Å². The van der Waals surface area contributed by atoms with Crippen LogP contribution in [0.1, 0.15) is 37.9 Å². The lowest BCUT2D eigenvalue weighted by atomic mass is 10.1. The van der Waals surface area contributed by atoms with Gasteiger partial charge in [-0.1, -0.05) is 59.9 Å². The van der Waals surface area contributed by atoms with Crippen molar-refractivity contribution < 1.29 is 31.3 Å². The van der Waals surface area contributed by atoms with Gasteiger partial charge in [-0.2, -0.15) is 8.61 Å². The van der Waals surface area contributed by atoms with Crippen LogP contribution >= 0.6 is 0 Å². The minimum absolute atomic E-state index is 0.0147. The summed E-state index contributed by atoms with van der Waals surface area (Å²) in [6.07, 6.45) is 0. The maximum absolute atomic E-state index is 13.9. The van der Waals surface area contributed by atoms with Gasteiger partial charge in [-0.15, -0.1) is 0 Å². The largest absolute Gasteiger partial charge is 0.447 e. The summed E-state index contributed by atoms with van der Waals surface area (Å²) in [7, 11) is -8.32. The van der Waals surface area contributed by atoms with Gasteiger partial charge in [0.05, 0.1) is 33.3 Å². The second-order valence-corrected chi connectivity index (χ2v) is 14.3. The number of rotatable bonds is 10. The number of carbonyl (C=O) groups excluding carboxylic acids is 1. The van der Waals surface area contributed by atoms with E-state index in [1.807, 2.05) is 6.92 Å². The smallest absolute Gasteiger partial charge is 0.304 e. The number of nitro groups is 1. The molecule has 13 heteroatoms. The van der Waals surface area contributed by atoms with Gasteiger partial charge in [-0.05, 0) is 50.6 Å². The summed E-state index contributed by atoms with van der Waals surface area (Å²) in [6, 6.07) is 18.1. The van der Waals surface area contributed by atoms with E-state index >= 15 is 0 Å². The number of aryl methyl sites for hydroxylation is 1. The number of nitro benzene ring substituents is 1. The summed E-state index contributed by atoms with van der Waals surface area (Å²) in [5.41, 5.74) is 0.0853. The van der Waals surface area contributed by atoms with E-state index in [0.717, 1.165) is 34.1 Å². The number of benzene rings is 3. The molecule has 1 heterocycles. The molecular weight excluding hydrogens is 594 g/mol. The van der Waals surface area contributed by atoms with Crippen LogP contribution in [-0.2, 0) is 29.6 Å². The fourth-order valence-electron chi connectivity index (χ4n) is 4.69. The quantitative estimate of drug-likeness (QED) is 0.108. The lowest BCUT2D eigenvalue weighted by molar-refractivity contribution is -0.384. The van der Waals surface area contributed by atoms with Crippen molar-refractivity contribution >= 4 is 31.7 Å². The monoisotopic (exact) mass is 625 g/mol. The minimum Gasteiger partial charge on any atom is -0.447 e. The first-order valence-electron chi connectivity index (χ1n) is 13.2. The maximum Gasteiger partial charge on any atom is 0.304 e. The second kappa shape index (κ2) is 12.3. The number of hydrogen-bond donors (Lipinski definition) is 0. The van der Waals surface area contributed by atoms with Crippen molar-refractivity contribution in [2.24, 2.45) is 0 Å². The van der Waals surface area contributed by atoms with Crippen molar-refractivity contribution in [3.63, 3.8) is 0 Å². The number of non-ortho nitro benzene ring substituents is 1. The molecule has 1 fully saturated rings. The molecule has 43 heavy (non-hydrogen) atoms. The Labute approximate surface area is 251 Å². The lowest BCUT2D eigenvalue weighted by Crippen LogP contribution is -2.36.